The van der Waals surface area contributed by atoms with Crippen LogP contribution in [0.2, 0.25) is 0 Å². The lowest BCUT2D eigenvalue weighted by atomic mass is 10.3. The second-order valence-corrected chi connectivity index (χ2v) is 5.49. The summed E-state index contributed by atoms with van der Waals surface area (Å²) in [5.41, 5.74) is 6.25. The molecule has 25 heavy (non-hydrogen) atoms. The summed E-state index contributed by atoms with van der Waals surface area (Å²) in [4.78, 5) is 18.1. The highest BCUT2D eigenvalue weighted by molar-refractivity contribution is 14.0. The molecule has 7 nitrogen and oxygen atoms in total. The monoisotopic (exact) mass is 465 g/mol. The first kappa shape index (κ1) is 21.6. The molecule has 0 radical (unpaired) electrons. The van der Waals surface area contributed by atoms with Crippen LogP contribution in [0.1, 0.15) is 6.42 Å². The highest BCUT2D eigenvalue weighted by Crippen LogP contribution is 2.07. The van der Waals surface area contributed by atoms with E-state index in [1.54, 1.807) is 0 Å². The number of nitrogens with one attached hydrogen (secondary N) is 2. The standard InChI is InChI=1S/C16H24FN5O2.HI/c17-13-2-4-14(5-3-13)21-15(23)12-20-16(18)19-6-1-7-22-8-10-24-11-9-22;/h2-5H,1,6-12H2,(H,21,23)(H3,18,19,20);1H. The van der Waals surface area contributed by atoms with E-state index in [0.29, 0.717) is 12.2 Å². The number of nitrogens with zero attached hydrogens (tertiary/aromatic N) is 2. The molecule has 0 saturated carbocycles. The third kappa shape index (κ3) is 8.98. The smallest absolute Gasteiger partial charge is 0.246 e. The largest absolute Gasteiger partial charge is 0.379 e. The van der Waals surface area contributed by atoms with Crippen molar-refractivity contribution in [3.8, 4) is 0 Å². The molecule has 1 fully saturated rings. The van der Waals surface area contributed by atoms with Gasteiger partial charge < -0.3 is 21.1 Å². The Morgan fingerprint density at radius 3 is 2.64 bits per heavy atom. The quantitative estimate of drug-likeness (QED) is 0.242. The summed E-state index contributed by atoms with van der Waals surface area (Å²) in [5.74, 6) is -0.414. The van der Waals surface area contributed by atoms with E-state index in [1.165, 1.54) is 24.3 Å². The minimum atomic E-state index is -0.350. The molecule has 2 rings (SSSR count). The number of ether oxygens (including phenoxy) is 1. The van der Waals surface area contributed by atoms with Gasteiger partial charge in [-0.1, -0.05) is 0 Å². The molecule has 0 bridgehead atoms. The Bertz CT molecular complexity index is 550. The molecule has 0 spiro atoms. The first-order chi connectivity index (χ1) is 11.6. The Kier molecular flexibility index (Phi) is 10.3. The van der Waals surface area contributed by atoms with Gasteiger partial charge in [-0.15, -0.1) is 24.0 Å². The summed E-state index contributed by atoms with van der Waals surface area (Å²) in [6.07, 6.45) is 0.942. The van der Waals surface area contributed by atoms with Crippen LogP contribution in [0, 0.1) is 5.82 Å². The number of benzene rings is 1. The number of carbonyl (C=O) groups excluding carboxylic acids is 1. The van der Waals surface area contributed by atoms with Crippen molar-refractivity contribution in [2.75, 3.05) is 51.3 Å². The predicted octanol–water partition coefficient (Wildman–Crippen LogP) is 1.01. The van der Waals surface area contributed by atoms with E-state index in [-0.39, 0.29) is 48.2 Å². The Labute approximate surface area is 164 Å². The number of amides is 1. The van der Waals surface area contributed by atoms with Crippen molar-refractivity contribution in [2.24, 2.45) is 10.7 Å². The fraction of sp³-hybridized carbons (Fsp3) is 0.500. The van der Waals surface area contributed by atoms with Crippen LogP contribution in [0.4, 0.5) is 10.1 Å². The highest BCUT2D eigenvalue weighted by atomic mass is 127. The van der Waals surface area contributed by atoms with Gasteiger partial charge in [0, 0.05) is 25.3 Å². The average molecular weight is 465 g/mol. The van der Waals surface area contributed by atoms with Gasteiger partial charge in [-0.05, 0) is 37.2 Å². The Hall–Kier alpha value is -1.46. The summed E-state index contributed by atoms with van der Waals surface area (Å²) < 4.78 is 18.1. The number of nitrogens with two attached hydrogens (primary N) is 1. The SMILES string of the molecule is I.NC(=NCC(=O)Nc1ccc(F)cc1)NCCCN1CCOCC1. The zero-order valence-corrected chi connectivity index (χ0v) is 16.4. The van der Waals surface area contributed by atoms with Gasteiger partial charge in [0.25, 0.3) is 0 Å². The topological polar surface area (TPSA) is 92.0 Å². The predicted molar refractivity (Wildman–Crippen MR) is 107 cm³/mol. The Morgan fingerprint density at radius 1 is 1.28 bits per heavy atom. The fourth-order valence-corrected chi connectivity index (χ4v) is 2.29. The minimum absolute atomic E-state index is 0. The van der Waals surface area contributed by atoms with Crippen molar-refractivity contribution in [1.82, 2.24) is 10.2 Å². The molecule has 0 unspecified atom stereocenters. The molecule has 4 N–H and O–H groups in total. The maximum atomic E-state index is 12.8. The third-order valence-corrected chi connectivity index (χ3v) is 3.58. The summed E-state index contributed by atoms with van der Waals surface area (Å²) in [7, 11) is 0. The van der Waals surface area contributed by atoms with E-state index in [1.807, 2.05) is 0 Å². The zero-order valence-electron chi connectivity index (χ0n) is 14.0. The molecule has 0 aromatic heterocycles. The first-order valence-electron chi connectivity index (χ1n) is 8.03. The van der Waals surface area contributed by atoms with E-state index in [2.05, 4.69) is 20.5 Å². The van der Waals surface area contributed by atoms with Crippen LogP contribution < -0.4 is 16.4 Å². The molecular weight excluding hydrogens is 440 g/mol. The minimum Gasteiger partial charge on any atom is -0.379 e. The van der Waals surface area contributed by atoms with E-state index in [0.717, 1.165) is 39.3 Å². The fourth-order valence-electron chi connectivity index (χ4n) is 2.29. The summed E-state index contributed by atoms with van der Waals surface area (Å²) >= 11 is 0. The molecule has 140 valence electrons. The third-order valence-electron chi connectivity index (χ3n) is 3.58. The molecule has 1 saturated heterocycles. The average Bonchev–Trinajstić information content (AvgIpc) is 2.60. The normalized spacial score (nSPS) is 15.3. The molecule has 1 aromatic rings. The van der Waals surface area contributed by atoms with Gasteiger partial charge in [0.2, 0.25) is 5.91 Å². The van der Waals surface area contributed by atoms with Gasteiger partial charge >= 0.3 is 0 Å². The number of carbonyl (C=O) groups is 1. The molecular formula is C16H25FIN5O2. The number of anilines is 1. The van der Waals surface area contributed by atoms with E-state index >= 15 is 0 Å². The second kappa shape index (κ2) is 12.0. The molecule has 1 amide bonds. The number of guanidine groups is 1. The van der Waals surface area contributed by atoms with E-state index in [9.17, 15) is 9.18 Å². The first-order valence-corrected chi connectivity index (χ1v) is 8.03. The van der Waals surface area contributed by atoms with Crippen molar-refractivity contribution in [3.63, 3.8) is 0 Å². The van der Waals surface area contributed by atoms with Crippen LogP contribution in [0.3, 0.4) is 0 Å². The Balaban J connectivity index is 0.00000312. The van der Waals surface area contributed by atoms with Gasteiger partial charge in [-0.3, -0.25) is 9.69 Å². The van der Waals surface area contributed by atoms with Gasteiger partial charge in [0.05, 0.1) is 13.2 Å². The zero-order chi connectivity index (χ0) is 17.2. The molecule has 0 aliphatic carbocycles. The maximum Gasteiger partial charge on any atom is 0.246 e. The van der Waals surface area contributed by atoms with Gasteiger partial charge in [-0.2, -0.15) is 0 Å². The lowest BCUT2D eigenvalue weighted by Crippen LogP contribution is -2.39. The number of aliphatic imine (C=N–C) groups is 1. The summed E-state index contributed by atoms with van der Waals surface area (Å²) in [5, 5.41) is 5.61. The Morgan fingerprint density at radius 2 is 1.96 bits per heavy atom. The lowest BCUT2D eigenvalue weighted by Gasteiger charge is -2.26. The van der Waals surface area contributed by atoms with Crippen molar-refractivity contribution in [3.05, 3.63) is 30.1 Å². The van der Waals surface area contributed by atoms with Crippen molar-refractivity contribution in [1.29, 1.82) is 0 Å². The summed E-state index contributed by atoms with van der Waals surface area (Å²) in [6, 6.07) is 5.54. The second-order valence-electron chi connectivity index (χ2n) is 5.49. The van der Waals surface area contributed by atoms with Crippen LogP contribution >= 0.6 is 24.0 Å². The van der Waals surface area contributed by atoms with Crippen LogP contribution in [0.25, 0.3) is 0 Å². The van der Waals surface area contributed by atoms with Crippen LogP contribution in [0.5, 0.6) is 0 Å². The number of hydrogen-bond donors (Lipinski definition) is 3. The maximum absolute atomic E-state index is 12.8. The number of rotatable bonds is 7. The summed E-state index contributed by atoms with van der Waals surface area (Å²) in [6.45, 7) is 5.11. The van der Waals surface area contributed by atoms with Gasteiger partial charge in [0.1, 0.15) is 12.4 Å². The highest BCUT2D eigenvalue weighted by Gasteiger charge is 2.09. The van der Waals surface area contributed by atoms with Gasteiger partial charge in [0.15, 0.2) is 5.96 Å². The van der Waals surface area contributed by atoms with Crippen molar-refractivity contribution < 1.29 is 13.9 Å². The molecule has 1 aromatic carbocycles. The number of halogens is 2. The lowest BCUT2D eigenvalue weighted by molar-refractivity contribution is -0.114. The molecule has 0 atom stereocenters. The number of hydrogen-bond acceptors (Lipinski definition) is 4. The molecule has 1 aliphatic rings. The molecule has 1 heterocycles. The van der Waals surface area contributed by atoms with Crippen molar-refractivity contribution in [2.45, 2.75) is 6.42 Å². The molecule has 1 aliphatic heterocycles. The van der Waals surface area contributed by atoms with Crippen LogP contribution in [0.15, 0.2) is 29.3 Å². The van der Waals surface area contributed by atoms with E-state index in [4.69, 9.17) is 10.5 Å². The van der Waals surface area contributed by atoms with Crippen LogP contribution in [-0.2, 0) is 9.53 Å². The van der Waals surface area contributed by atoms with E-state index < -0.39 is 0 Å². The van der Waals surface area contributed by atoms with Gasteiger partial charge in [-0.25, -0.2) is 9.38 Å². The molecule has 9 heteroatoms. The number of morpholine rings is 1. The van der Waals surface area contributed by atoms with Crippen LogP contribution in [-0.4, -0.2) is 62.7 Å². The van der Waals surface area contributed by atoms with Crippen molar-refractivity contribution >= 4 is 41.5 Å².